The molecule has 0 radical (unpaired) electrons. The normalized spacial score (nSPS) is 15.5. The molecule has 1 aliphatic rings. The van der Waals surface area contributed by atoms with Crippen LogP contribution in [-0.2, 0) is 0 Å². The molecule has 5 heteroatoms. The van der Waals surface area contributed by atoms with E-state index >= 15 is 0 Å². The molecule has 0 saturated heterocycles. The molecule has 1 heterocycles. The predicted molar refractivity (Wildman–Crippen MR) is 78.4 cm³/mol. The average Bonchev–Trinajstić information content (AvgIpc) is 2.72. The summed E-state index contributed by atoms with van der Waals surface area (Å²) in [5.74, 6) is 1.32. The molecule has 3 N–H and O–H groups in total. The first-order valence-electron chi connectivity index (χ1n) is 5.68. The summed E-state index contributed by atoms with van der Waals surface area (Å²) in [4.78, 5) is 7.58. The second kappa shape index (κ2) is 4.68. The van der Waals surface area contributed by atoms with Crippen LogP contribution >= 0.6 is 23.2 Å². The fourth-order valence-corrected chi connectivity index (χ4v) is 2.25. The number of hydrogen-bond acceptors (Lipinski definition) is 2. The molecule has 3 rings (SSSR count). The molecule has 2 aromatic carbocycles. The minimum absolute atomic E-state index is 0.478. The van der Waals surface area contributed by atoms with Gasteiger partial charge in [-0.1, -0.05) is 35.3 Å². The molecule has 0 amide bonds. The summed E-state index contributed by atoms with van der Waals surface area (Å²) >= 11 is 11.9. The monoisotopic (exact) mass is 290 g/mol. The highest BCUT2D eigenvalue weighted by atomic mass is 35.5. The smallest absolute Gasteiger partial charge is 0.269 e. The van der Waals surface area contributed by atoms with Gasteiger partial charge in [-0.3, -0.25) is 0 Å². The Kier molecular flexibility index (Phi) is 3.01. The van der Waals surface area contributed by atoms with Crippen molar-refractivity contribution in [3.05, 3.63) is 63.6 Å². The highest BCUT2D eigenvalue weighted by Crippen LogP contribution is 2.27. The molecule has 19 heavy (non-hydrogen) atoms. The van der Waals surface area contributed by atoms with E-state index in [1.807, 2.05) is 24.3 Å². The lowest BCUT2D eigenvalue weighted by Gasteiger charge is -1.96. The Morgan fingerprint density at radius 2 is 1.68 bits per heavy atom. The van der Waals surface area contributed by atoms with Gasteiger partial charge in [-0.2, -0.15) is 0 Å². The molecule has 0 bridgehead atoms. The molecule has 0 saturated carbocycles. The van der Waals surface area contributed by atoms with Crippen molar-refractivity contribution in [1.29, 1.82) is 0 Å². The van der Waals surface area contributed by atoms with Crippen molar-refractivity contribution in [2.24, 2.45) is 10.7 Å². The lowest BCUT2D eigenvalue weighted by atomic mass is 10.1. The zero-order valence-corrected chi connectivity index (χ0v) is 11.3. The third-order valence-corrected chi connectivity index (χ3v) is 3.61. The average molecular weight is 291 g/mol. The summed E-state index contributed by atoms with van der Waals surface area (Å²) in [7, 11) is 0. The van der Waals surface area contributed by atoms with Gasteiger partial charge in [-0.25, -0.2) is 4.99 Å². The number of fused-ring (bicyclic) bond motifs is 1. The number of nitrogens with zero attached hydrogens (tertiary/aromatic N) is 1. The van der Waals surface area contributed by atoms with Crippen molar-refractivity contribution in [1.82, 2.24) is 0 Å². The van der Waals surface area contributed by atoms with Crippen LogP contribution in [0.1, 0.15) is 11.1 Å². The molecule has 0 unspecified atom stereocenters. The molecule has 3 nitrogen and oxygen atoms in total. The summed E-state index contributed by atoms with van der Waals surface area (Å²) in [6.07, 6.45) is 0. The van der Waals surface area contributed by atoms with Gasteiger partial charge in [0.15, 0.2) is 0 Å². The van der Waals surface area contributed by atoms with E-state index in [0.717, 1.165) is 16.8 Å². The molecule has 0 atom stereocenters. The molecular weight excluding hydrogens is 281 g/mol. The number of aliphatic imine (C=N–C) groups is 1. The molecule has 0 aliphatic carbocycles. The van der Waals surface area contributed by atoms with Crippen molar-refractivity contribution < 1.29 is 4.99 Å². The van der Waals surface area contributed by atoms with Gasteiger partial charge in [0.1, 0.15) is 5.69 Å². The van der Waals surface area contributed by atoms with E-state index in [1.165, 1.54) is 0 Å². The van der Waals surface area contributed by atoms with Gasteiger partial charge in [-0.05, 0) is 24.3 Å². The second-order valence-corrected chi connectivity index (χ2v) is 4.96. The van der Waals surface area contributed by atoms with E-state index in [1.54, 1.807) is 18.2 Å². The lowest BCUT2D eigenvalue weighted by molar-refractivity contribution is -0.311. The minimum atomic E-state index is 0.478. The van der Waals surface area contributed by atoms with Gasteiger partial charge in [0.2, 0.25) is 5.84 Å². The summed E-state index contributed by atoms with van der Waals surface area (Å²) in [5.41, 5.74) is 8.58. The van der Waals surface area contributed by atoms with Gasteiger partial charge in [0.25, 0.3) is 5.84 Å². The molecule has 0 aromatic heterocycles. The highest BCUT2D eigenvalue weighted by molar-refractivity contribution is 6.42. The third-order valence-electron chi connectivity index (χ3n) is 2.87. The van der Waals surface area contributed by atoms with Gasteiger partial charge >= 0.3 is 0 Å². The van der Waals surface area contributed by atoms with E-state index in [2.05, 4.69) is 9.98 Å². The second-order valence-electron chi connectivity index (χ2n) is 4.14. The fraction of sp³-hybridized carbons (Fsp3) is 0. The number of nitrogens with two attached hydrogens (primary N) is 1. The summed E-state index contributed by atoms with van der Waals surface area (Å²) in [6.45, 7) is 0. The molecular formula is C14H10Cl2N3+. The maximum Gasteiger partial charge on any atom is 0.269 e. The first-order valence-corrected chi connectivity index (χ1v) is 6.44. The van der Waals surface area contributed by atoms with E-state index in [-0.39, 0.29) is 0 Å². The quantitative estimate of drug-likeness (QED) is 0.828. The lowest BCUT2D eigenvalue weighted by Crippen LogP contribution is -2.76. The van der Waals surface area contributed by atoms with E-state index in [0.29, 0.717) is 21.7 Å². The number of rotatable bonds is 1. The number of hydrogen-bond donors (Lipinski definition) is 2. The SMILES string of the molecule is NC1=[NH+]C(=Nc2ccc(Cl)c(Cl)c2)c2ccccc21. The van der Waals surface area contributed by atoms with Gasteiger partial charge in [0, 0.05) is 6.07 Å². The van der Waals surface area contributed by atoms with E-state index in [9.17, 15) is 0 Å². The van der Waals surface area contributed by atoms with Crippen LogP contribution in [0.25, 0.3) is 0 Å². The van der Waals surface area contributed by atoms with Gasteiger partial charge in [-0.15, -0.1) is 4.99 Å². The maximum absolute atomic E-state index is 5.98. The molecule has 94 valence electrons. The van der Waals surface area contributed by atoms with Crippen LogP contribution in [0.3, 0.4) is 0 Å². The number of benzene rings is 2. The Labute approximate surface area is 120 Å². The number of halogens is 2. The number of nitrogen functional groups attached to an aromatic ring is 1. The van der Waals surface area contributed by atoms with Gasteiger partial charge in [0.05, 0.1) is 21.2 Å². The van der Waals surface area contributed by atoms with Crippen molar-refractivity contribution in [3.8, 4) is 0 Å². The Bertz CT molecular complexity index is 720. The van der Waals surface area contributed by atoms with Crippen LogP contribution in [0.5, 0.6) is 0 Å². The Balaban J connectivity index is 2.08. The fourth-order valence-electron chi connectivity index (χ4n) is 1.96. The van der Waals surface area contributed by atoms with Crippen molar-refractivity contribution in [2.45, 2.75) is 0 Å². The van der Waals surface area contributed by atoms with Crippen molar-refractivity contribution >= 4 is 40.6 Å². The maximum atomic E-state index is 5.98. The van der Waals surface area contributed by atoms with Gasteiger partial charge < -0.3 is 5.73 Å². The van der Waals surface area contributed by atoms with Crippen molar-refractivity contribution in [3.63, 3.8) is 0 Å². The zero-order chi connectivity index (χ0) is 13.4. The molecule has 0 spiro atoms. The first-order chi connectivity index (χ1) is 9.15. The van der Waals surface area contributed by atoms with Crippen LogP contribution in [0.2, 0.25) is 10.0 Å². The molecule has 1 aliphatic heterocycles. The molecule has 2 aromatic rings. The van der Waals surface area contributed by atoms with Crippen molar-refractivity contribution in [2.75, 3.05) is 0 Å². The minimum Gasteiger partial charge on any atom is -0.318 e. The summed E-state index contributed by atoms with van der Waals surface area (Å²) in [5, 5.41) is 0.989. The number of nitrogens with one attached hydrogen (secondary N) is 1. The van der Waals surface area contributed by atoms with Crippen LogP contribution in [-0.4, -0.2) is 11.7 Å². The van der Waals surface area contributed by atoms with Crippen LogP contribution in [0.15, 0.2) is 47.5 Å². The largest absolute Gasteiger partial charge is 0.318 e. The Hall–Kier alpha value is -1.84. The standard InChI is InChI=1S/C14H9Cl2N3/c15-11-6-5-8(7-12(11)16)18-14-10-4-2-1-3-9(10)13(17)19-14/h1-7H,(H2,17,18,19)/p+1. The van der Waals surface area contributed by atoms with E-state index in [4.69, 9.17) is 28.9 Å². The summed E-state index contributed by atoms with van der Waals surface area (Å²) < 4.78 is 0. The Morgan fingerprint density at radius 1 is 0.947 bits per heavy atom. The summed E-state index contributed by atoms with van der Waals surface area (Å²) in [6, 6.07) is 13.1. The highest BCUT2D eigenvalue weighted by Gasteiger charge is 2.23. The number of amidine groups is 2. The van der Waals surface area contributed by atoms with Crippen LogP contribution in [0.4, 0.5) is 5.69 Å². The van der Waals surface area contributed by atoms with E-state index < -0.39 is 0 Å². The first kappa shape index (κ1) is 12.2. The van der Waals surface area contributed by atoms with Crippen LogP contribution in [0, 0.1) is 0 Å². The topological polar surface area (TPSA) is 52.4 Å². The zero-order valence-electron chi connectivity index (χ0n) is 9.82. The predicted octanol–water partition coefficient (Wildman–Crippen LogP) is 1.87. The Morgan fingerprint density at radius 3 is 2.42 bits per heavy atom. The van der Waals surface area contributed by atoms with Crippen LogP contribution < -0.4 is 10.7 Å². The molecule has 0 fully saturated rings. The third kappa shape index (κ3) is 2.23.